The number of aromatic carboxylic acids is 1. The van der Waals surface area contributed by atoms with Crippen molar-refractivity contribution in [3.63, 3.8) is 0 Å². The Hall–Kier alpha value is -5.12. The second kappa shape index (κ2) is 11.7. The zero-order valence-corrected chi connectivity index (χ0v) is 22.3. The van der Waals surface area contributed by atoms with Gasteiger partial charge in [0.1, 0.15) is 11.6 Å². The third kappa shape index (κ3) is 6.84. The minimum absolute atomic E-state index is 0.0716. The van der Waals surface area contributed by atoms with Crippen molar-refractivity contribution < 1.29 is 29.0 Å². The molecule has 5 N–H and O–H groups in total. The molecule has 40 heavy (non-hydrogen) atoms. The molecule has 206 valence electrons. The molecule has 1 heterocycles. The average Bonchev–Trinajstić information content (AvgIpc) is 3.30. The number of ether oxygens (including phenoxy) is 1. The average molecular weight is 543 g/mol. The number of carboxylic acids is 1. The predicted octanol–water partition coefficient (Wildman–Crippen LogP) is 5.19. The summed E-state index contributed by atoms with van der Waals surface area (Å²) in [5, 5.41) is 18.3. The van der Waals surface area contributed by atoms with Crippen LogP contribution in [-0.2, 0) is 16.0 Å². The van der Waals surface area contributed by atoms with E-state index in [9.17, 15) is 24.3 Å². The number of carboxylic acid groups (broad SMARTS) is 1. The van der Waals surface area contributed by atoms with Crippen LogP contribution < -0.4 is 16.0 Å². The lowest BCUT2D eigenvalue weighted by atomic mass is 10.0. The van der Waals surface area contributed by atoms with Crippen LogP contribution in [0.5, 0.6) is 0 Å². The highest BCUT2D eigenvalue weighted by Gasteiger charge is 2.27. The quantitative estimate of drug-likeness (QED) is 0.207. The molecule has 10 nitrogen and oxygen atoms in total. The number of rotatable bonds is 8. The molecule has 1 aromatic heterocycles. The van der Waals surface area contributed by atoms with Gasteiger partial charge in [0.05, 0.1) is 22.5 Å². The molecule has 0 unspecified atom stereocenters. The lowest BCUT2D eigenvalue weighted by molar-refractivity contribution is -0.118. The molecular weight excluding hydrogens is 512 g/mol. The molecule has 3 aromatic carbocycles. The number of para-hydroxylation sites is 3. The van der Waals surface area contributed by atoms with Crippen molar-refractivity contribution in [2.75, 3.05) is 10.6 Å². The Balaban J connectivity index is 1.59. The number of aromatic nitrogens is 1. The zero-order chi connectivity index (χ0) is 28.9. The number of alkyl carbamates (subject to hydrolysis) is 1. The van der Waals surface area contributed by atoms with E-state index in [4.69, 9.17) is 4.74 Å². The first kappa shape index (κ1) is 27.9. The summed E-state index contributed by atoms with van der Waals surface area (Å²) >= 11 is 0. The third-order valence-corrected chi connectivity index (χ3v) is 5.94. The summed E-state index contributed by atoms with van der Waals surface area (Å²) in [6.45, 7) is 5.16. The number of carbonyl (C=O) groups is 4. The number of aromatic amines is 1. The first-order valence-corrected chi connectivity index (χ1v) is 12.6. The summed E-state index contributed by atoms with van der Waals surface area (Å²) < 4.78 is 5.38. The highest BCUT2D eigenvalue weighted by molar-refractivity contribution is 6.12. The topological polar surface area (TPSA) is 150 Å². The van der Waals surface area contributed by atoms with Gasteiger partial charge in [0, 0.05) is 23.5 Å². The number of nitrogens with one attached hydrogen (secondary N) is 4. The van der Waals surface area contributed by atoms with Gasteiger partial charge >= 0.3 is 12.1 Å². The van der Waals surface area contributed by atoms with Crippen molar-refractivity contribution in [1.29, 1.82) is 0 Å². The van der Waals surface area contributed by atoms with E-state index < -0.39 is 35.5 Å². The monoisotopic (exact) mass is 542 g/mol. The zero-order valence-electron chi connectivity index (χ0n) is 22.3. The van der Waals surface area contributed by atoms with Gasteiger partial charge in [-0.3, -0.25) is 9.59 Å². The predicted molar refractivity (Wildman–Crippen MR) is 152 cm³/mol. The minimum Gasteiger partial charge on any atom is -0.478 e. The molecule has 4 aromatic rings. The van der Waals surface area contributed by atoms with Gasteiger partial charge in [-0.25, -0.2) is 9.59 Å². The van der Waals surface area contributed by atoms with Crippen molar-refractivity contribution in [2.45, 2.75) is 38.8 Å². The van der Waals surface area contributed by atoms with Crippen LogP contribution in [0, 0.1) is 0 Å². The number of hydrogen-bond acceptors (Lipinski definition) is 5. The van der Waals surface area contributed by atoms with E-state index in [0.717, 1.165) is 16.5 Å². The van der Waals surface area contributed by atoms with E-state index in [1.54, 1.807) is 57.3 Å². The van der Waals surface area contributed by atoms with Crippen LogP contribution in [0.2, 0.25) is 0 Å². The van der Waals surface area contributed by atoms with Crippen LogP contribution in [0.1, 0.15) is 47.1 Å². The van der Waals surface area contributed by atoms with Crippen molar-refractivity contribution in [1.82, 2.24) is 10.3 Å². The SMILES string of the molecule is CC(C)(C)OC(=O)N[C@H](Cc1c[nH]c2ccccc12)C(=O)Nc1ccccc1C(=O)Nc1ccccc1C(=O)O. The smallest absolute Gasteiger partial charge is 0.408 e. The van der Waals surface area contributed by atoms with Gasteiger partial charge in [-0.05, 0) is 56.7 Å². The van der Waals surface area contributed by atoms with Crippen LogP contribution in [0.3, 0.4) is 0 Å². The molecular formula is C30H30N4O6. The van der Waals surface area contributed by atoms with Gasteiger partial charge in [-0.1, -0.05) is 42.5 Å². The Morgan fingerprint density at radius 2 is 1.45 bits per heavy atom. The van der Waals surface area contributed by atoms with Gasteiger partial charge in [0.15, 0.2) is 0 Å². The molecule has 0 spiro atoms. The summed E-state index contributed by atoms with van der Waals surface area (Å²) in [4.78, 5) is 54.1. The lowest BCUT2D eigenvalue weighted by Crippen LogP contribution is -2.47. The Bertz CT molecular complexity index is 1570. The molecule has 0 aliphatic heterocycles. The molecule has 0 aliphatic rings. The molecule has 3 amide bonds. The summed E-state index contributed by atoms with van der Waals surface area (Å²) in [5.41, 5.74) is 1.26. The maximum absolute atomic E-state index is 13.6. The molecule has 4 rings (SSSR count). The van der Waals surface area contributed by atoms with E-state index in [-0.39, 0.29) is 28.9 Å². The second-order valence-corrected chi connectivity index (χ2v) is 10.1. The molecule has 10 heteroatoms. The molecule has 1 atom stereocenters. The number of fused-ring (bicyclic) bond motifs is 1. The molecule has 0 bridgehead atoms. The maximum Gasteiger partial charge on any atom is 0.408 e. The Morgan fingerprint density at radius 1 is 0.850 bits per heavy atom. The van der Waals surface area contributed by atoms with E-state index >= 15 is 0 Å². The maximum atomic E-state index is 13.6. The molecule has 0 saturated carbocycles. The van der Waals surface area contributed by atoms with E-state index in [2.05, 4.69) is 20.9 Å². The molecule has 0 radical (unpaired) electrons. The second-order valence-electron chi connectivity index (χ2n) is 10.1. The van der Waals surface area contributed by atoms with E-state index in [0.29, 0.717) is 0 Å². The first-order valence-electron chi connectivity index (χ1n) is 12.6. The summed E-state index contributed by atoms with van der Waals surface area (Å²) in [7, 11) is 0. The first-order chi connectivity index (χ1) is 19.0. The van der Waals surface area contributed by atoms with E-state index in [1.807, 2.05) is 24.3 Å². The van der Waals surface area contributed by atoms with E-state index in [1.165, 1.54) is 18.2 Å². The molecule has 0 saturated heterocycles. The van der Waals surface area contributed by atoms with Gasteiger partial charge in [-0.15, -0.1) is 0 Å². The number of H-pyrrole nitrogens is 1. The van der Waals surface area contributed by atoms with Gasteiger partial charge < -0.3 is 30.8 Å². The fraction of sp³-hybridized carbons (Fsp3) is 0.200. The number of anilines is 2. The van der Waals surface area contributed by atoms with Crippen molar-refractivity contribution in [3.05, 3.63) is 95.7 Å². The number of carbonyl (C=O) groups excluding carboxylic acids is 3. The number of hydrogen-bond donors (Lipinski definition) is 5. The Labute approximate surface area is 230 Å². The minimum atomic E-state index is -1.19. The van der Waals surface area contributed by atoms with Gasteiger partial charge in [0.25, 0.3) is 5.91 Å². The third-order valence-electron chi connectivity index (χ3n) is 5.94. The van der Waals surface area contributed by atoms with Crippen LogP contribution in [0.4, 0.5) is 16.2 Å². The Morgan fingerprint density at radius 3 is 2.12 bits per heavy atom. The highest BCUT2D eigenvalue weighted by Crippen LogP contribution is 2.22. The van der Waals surface area contributed by atoms with Crippen LogP contribution in [-0.4, -0.2) is 45.6 Å². The summed E-state index contributed by atoms with van der Waals surface area (Å²) in [5.74, 6) is -2.37. The largest absolute Gasteiger partial charge is 0.478 e. The summed E-state index contributed by atoms with van der Waals surface area (Å²) in [6.07, 6.45) is 1.17. The van der Waals surface area contributed by atoms with Crippen LogP contribution in [0.15, 0.2) is 79.0 Å². The van der Waals surface area contributed by atoms with Crippen molar-refractivity contribution in [3.8, 4) is 0 Å². The normalized spacial score (nSPS) is 11.9. The fourth-order valence-corrected chi connectivity index (χ4v) is 4.16. The van der Waals surface area contributed by atoms with Gasteiger partial charge in [-0.2, -0.15) is 0 Å². The van der Waals surface area contributed by atoms with Crippen LogP contribution >= 0.6 is 0 Å². The standard InChI is InChI=1S/C30H30N4O6/c1-30(2,3)40-29(39)34-25(16-18-17-31-22-13-7-4-10-19(18)22)27(36)33-23-14-8-5-11-20(23)26(35)32-24-15-9-6-12-21(24)28(37)38/h4-15,17,25,31H,16H2,1-3H3,(H,32,35)(H,33,36)(H,34,39)(H,37,38)/t25-/m1/s1. The molecule has 0 aliphatic carbocycles. The van der Waals surface area contributed by atoms with Crippen molar-refractivity contribution >= 4 is 46.2 Å². The fourth-order valence-electron chi connectivity index (χ4n) is 4.16. The number of benzene rings is 3. The van der Waals surface area contributed by atoms with Crippen LogP contribution in [0.25, 0.3) is 10.9 Å². The van der Waals surface area contributed by atoms with Crippen molar-refractivity contribution in [2.24, 2.45) is 0 Å². The highest BCUT2D eigenvalue weighted by atomic mass is 16.6. The van der Waals surface area contributed by atoms with Gasteiger partial charge in [0.2, 0.25) is 5.91 Å². The number of amides is 3. The lowest BCUT2D eigenvalue weighted by Gasteiger charge is -2.23. The molecule has 0 fully saturated rings. The summed E-state index contributed by atoms with van der Waals surface area (Å²) in [6, 6.07) is 18.9. The Kier molecular flexibility index (Phi) is 8.18.